The Morgan fingerprint density at radius 2 is 1.70 bits per heavy atom. The maximum absolute atomic E-state index is 13.2. The number of hydrogen-bond acceptors (Lipinski definition) is 2. The Bertz CT molecular complexity index is 1140. The quantitative estimate of drug-likeness (QED) is 0.668. The molecule has 0 saturated heterocycles. The molecule has 1 aliphatic carbocycles. The van der Waals surface area contributed by atoms with Crippen LogP contribution in [0.4, 0.5) is 0 Å². The molecule has 1 aromatic heterocycles. The van der Waals surface area contributed by atoms with Crippen molar-refractivity contribution in [2.24, 2.45) is 5.92 Å². The average Bonchev–Trinajstić information content (AvgIpc) is 2.95. The van der Waals surface area contributed by atoms with Crippen LogP contribution in [-0.4, -0.2) is 27.1 Å². The van der Waals surface area contributed by atoms with Crippen LogP contribution < -0.4 is 5.56 Å². The lowest BCUT2D eigenvalue weighted by Gasteiger charge is -2.31. The summed E-state index contributed by atoms with van der Waals surface area (Å²) in [5, 5.41) is 3.31. The molecule has 2 heterocycles. The zero-order valence-corrected chi connectivity index (χ0v) is 17.4. The van der Waals surface area contributed by atoms with Gasteiger partial charge in [-0.2, -0.15) is 0 Å². The predicted molar refractivity (Wildman–Crippen MR) is 117 cm³/mol. The van der Waals surface area contributed by atoms with Gasteiger partial charge < -0.3 is 4.90 Å². The summed E-state index contributed by atoms with van der Waals surface area (Å²) in [5.41, 5.74) is 6.49. The van der Waals surface area contributed by atoms with E-state index in [1.54, 1.807) is 4.68 Å². The van der Waals surface area contributed by atoms with E-state index in [1.165, 1.54) is 16.7 Å². The van der Waals surface area contributed by atoms with Gasteiger partial charge in [0, 0.05) is 30.3 Å². The van der Waals surface area contributed by atoms with Crippen LogP contribution in [0.5, 0.6) is 0 Å². The van der Waals surface area contributed by atoms with Gasteiger partial charge in [0.15, 0.2) is 0 Å². The summed E-state index contributed by atoms with van der Waals surface area (Å²) < 4.78 is 1.65. The Morgan fingerprint density at radius 1 is 0.967 bits per heavy atom. The van der Waals surface area contributed by atoms with Gasteiger partial charge in [-0.25, -0.2) is 4.68 Å². The zero-order chi connectivity index (χ0) is 20.7. The third-order valence-electron chi connectivity index (χ3n) is 6.64. The maximum atomic E-state index is 13.2. The highest BCUT2D eigenvalue weighted by Crippen LogP contribution is 2.27. The first-order valence-electron chi connectivity index (χ1n) is 10.9. The summed E-state index contributed by atoms with van der Waals surface area (Å²) in [6.07, 6.45) is 3.85. The zero-order valence-electron chi connectivity index (χ0n) is 17.4. The second-order valence-corrected chi connectivity index (χ2v) is 8.60. The number of carbonyl (C=O) groups excluding carboxylic acids is 1. The molecule has 30 heavy (non-hydrogen) atoms. The third kappa shape index (κ3) is 3.38. The molecule has 154 valence electrons. The first kappa shape index (κ1) is 18.9. The Morgan fingerprint density at radius 3 is 2.50 bits per heavy atom. The number of carbonyl (C=O) groups is 1. The van der Waals surface area contributed by atoms with Crippen LogP contribution >= 0.6 is 0 Å². The van der Waals surface area contributed by atoms with E-state index in [9.17, 15) is 9.59 Å². The smallest absolute Gasteiger partial charge is 0.274 e. The molecule has 1 atom stereocenters. The molecular formula is C25H27N3O2. The largest absolute Gasteiger partial charge is 0.338 e. The number of nitrogens with one attached hydrogen (secondary N) is 1. The topological polar surface area (TPSA) is 58.1 Å². The van der Waals surface area contributed by atoms with Crippen molar-refractivity contribution < 1.29 is 4.79 Å². The van der Waals surface area contributed by atoms with E-state index in [4.69, 9.17) is 0 Å². The highest BCUT2D eigenvalue weighted by Gasteiger charge is 2.30. The lowest BCUT2D eigenvalue weighted by atomic mass is 9.94. The van der Waals surface area contributed by atoms with Gasteiger partial charge in [-0.15, -0.1) is 0 Å². The van der Waals surface area contributed by atoms with Crippen molar-refractivity contribution in [3.8, 4) is 5.69 Å². The fraction of sp³-hybridized carbons (Fsp3) is 0.360. The van der Waals surface area contributed by atoms with Crippen molar-refractivity contribution >= 4 is 5.91 Å². The summed E-state index contributed by atoms with van der Waals surface area (Å²) in [4.78, 5) is 28.2. The fourth-order valence-electron chi connectivity index (χ4n) is 4.83. The molecule has 5 rings (SSSR count). The van der Waals surface area contributed by atoms with Crippen molar-refractivity contribution in [1.29, 1.82) is 0 Å². The van der Waals surface area contributed by atoms with E-state index in [1.807, 2.05) is 42.2 Å². The number of aromatic amines is 1. The predicted octanol–water partition coefficient (Wildman–Crippen LogP) is 3.55. The molecule has 0 saturated carbocycles. The van der Waals surface area contributed by atoms with Crippen molar-refractivity contribution in [3.05, 3.63) is 86.8 Å². The Kier molecular flexibility index (Phi) is 4.81. The lowest BCUT2D eigenvalue weighted by molar-refractivity contribution is -0.136. The lowest BCUT2D eigenvalue weighted by Crippen LogP contribution is -2.40. The van der Waals surface area contributed by atoms with Gasteiger partial charge >= 0.3 is 0 Å². The average molecular weight is 402 g/mol. The van der Waals surface area contributed by atoms with E-state index in [-0.39, 0.29) is 17.4 Å². The molecule has 1 N–H and O–H groups in total. The molecule has 0 radical (unpaired) electrons. The van der Waals surface area contributed by atoms with Gasteiger partial charge in [0.05, 0.1) is 5.69 Å². The summed E-state index contributed by atoms with van der Waals surface area (Å²) in [7, 11) is 0. The van der Waals surface area contributed by atoms with Crippen LogP contribution in [0.2, 0.25) is 0 Å². The number of fused-ring (bicyclic) bond motifs is 2. The minimum absolute atomic E-state index is 0.0108. The van der Waals surface area contributed by atoms with Crippen LogP contribution in [0.25, 0.3) is 5.69 Å². The number of aromatic nitrogens is 2. The maximum Gasteiger partial charge on any atom is 0.274 e. The summed E-state index contributed by atoms with van der Waals surface area (Å²) in [6.45, 7) is 3.53. The highest BCUT2D eigenvalue weighted by atomic mass is 16.2. The number of hydrogen-bond donors (Lipinski definition) is 1. The van der Waals surface area contributed by atoms with Crippen molar-refractivity contribution in [2.45, 2.75) is 45.6 Å². The highest BCUT2D eigenvalue weighted by molar-refractivity contribution is 5.79. The summed E-state index contributed by atoms with van der Waals surface area (Å²) in [6, 6.07) is 16.4. The molecule has 0 fully saturated rings. The second-order valence-electron chi connectivity index (χ2n) is 8.60. The summed E-state index contributed by atoms with van der Waals surface area (Å²) in [5.74, 6) is 0.233. The number of amides is 1. The summed E-state index contributed by atoms with van der Waals surface area (Å²) >= 11 is 0. The van der Waals surface area contributed by atoms with E-state index >= 15 is 0 Å². The van der Waals surface area contributed by atoms with Gasteiger partial charge in [-0.3, -0.25) is 14.7 Å². The number of benzene rings is 2. The van der Waals surface area contributed by atoms with Gasteiger partial charge in [-0.1, -0.05) is 42.0 Å². The molecule has 1 aliphatic heterocycles. The van der Waals surface area contributed by atoms with Crippen molar-refractivity contribution in [2.75, 3.05) is 6.54 Å². The second kappa shape index (κ2) is 7.63. The normalized spacial score (nSPS) is 18.4. The molecule has 0 bridgehead atoms. The number of H-pyrrole nitrogens is 1. The van der Waals surface area contributed by atoms with Gasteiger partial charge in [0.25, 0.3) is 5.56 Å². The monoisotopic (exact) mass is 401 g/mol. The first-order chi connectivity index (χ1) is 14.6. The minimum Gasteiger partial charge on any atom is -0.338 e. The van der Waals surface area contributed by atoms with Crippen LogP contribution in [-0.2, 0) is 30.6 Å². The van der Waals surface area contributed by atoms with Crippen LogP contribution in [0.15, 0.2) is 53.3 Å². The molecule has 3 aromatic rings. The van der Waals surface area contributed by atoms with E-state index in [0.717, 1.165) is 49.2 Å². The van der Waals surface area contributed by atoms with Gasteiger partial charge in [-0.05, 0) is 62.3 Å². The molecular weight excluding hydrogens is 374 g/mol. The standard InChI is InChI=1S/C25H27N3O2/c1-17-6-10-21(11-7-17)28-25(30)22-12-8-19(9-13-23(22)26-28)24(29)27-15-14-18-4-2-3-5-20(18)16-27/h2-7,10-11,19,26H,8-9,12-16H2,1H3. The van der Waals surface area contributed by atoms with Crippen LogP contribution in [0, 0.1) is 12.8 Å². The Hall–Kier alpha value is -3.08. The molecule has 5 heteroatoms. The van der Waals surface area contributed by atoms with E-state index in [0.29, 0.717) is 13.0 Å². The Labute approximate surface area is 176 Å². The van der Waals surface area contributed by atoms with Crippen molar-refractivity contribution in [1.82, 2.24) is 14.7 Å². The Balaban J connectivity index is 1.31. The van der Waals surface area contributed by atoms with E-state index < -0.39 is 0 Å². The number of aryl methyl sites for hydroxylation is 2. The first-order valence-corrected chi connectivity index (χ1v) is 10.9. The van der Waals surface area contributed by atoms with Crippen LogP contribution in [0.3, 0.4) is 0 Å². The van der Waals surface area contributed by atoms with Gasteiger partial charge in [0.1, 0.15) is 0 Å². The number of nitrogens with zero attached hydrogens (tertiary/aromatic N) is 2. The van der Waals surface area contributed by atoms with E-state index in [2.05, 4.69) is 23.3 Å². The number of rotatable bonds is 2. The molecule has 2 aromatic carbocycles. The van der Waals surface area contributed by atoms with Crippen molar-refractivity contribution in [3.63, 3.8) is 0 Å². The molecule has 2 aliphatic rings. The molecule has 1 amide bonds. The van der Waals surface area contributed by atoms with Gasteiger partial charge in [0.2, 0.25) is 5.91 Å². The molecule has 5 nitrogen and oxygen atoms in total. The minimum atomic E-state index is -0.0108. The molecule has 1 unspecified atom stereocenters. The molecule has 0 spiro atoms. The van der Waals surface area contributed by atoms with Crippen LogP contribution in [0.1, 0.15) is 40.8 Å². The third-order valence-corrected chi connectivity index (χ3v) is 6.64. The fourth-order valence-corrected chi connectivity index (χ4v) is 4.83. The SMILES string of the molecule is Cc1ccc(-n2[nH]c3c(c2=O)CCC(C(=O)N2CCc4ccccc4C2)CC3)cc1.